The van der Waals surface area contributed by atoms with Gasteiger partial charge in [0, 0.05) is 31.3 Å². The van der Waals surface area contributed by atoms with Gasteiger partial charge in [0.2, 0.25) is 5.91 Å². The lowest BCUT2D eigenvalue weighted by atomic mass is 10.1. The first-order valence-corrected chi connectivity index (χ1v) is 7.80. The Morgan fingerprint density at radius 3 is 2.46 bits per heavy atom. The molecule has 7 nitrogen and oxygen atoms in total. The van der Waals surface area contributed by atoms with Crippen LogP contribution in [0.1, 0.15) is 38.1 Å². The fourth-order valence-corrected chi connectivity index (χ4v) is 2.26. The van der Waals surface area contributed by atoms with E-state index in [1.165, 1.54) is 6.92 Å². The molecular weight excluding hydrogens is 310 g/mol. The number of benzene rings is 1. The zero-order valence-electron chi connectivity index (χ0n) is 14.4. The van der Waals surface area contributed by atoms with Crippen molar-refractivity contribution in [1.82, 2.24) is 10.2 Å². The summed E-state index contributed by atoms with van der Waals surface area (Å²) in [4.78, 5) is 36.7. The molecule has 1 aliphatic rings. The van der Waals surface area contributed by atoms with Crippen molar-refractivity contribution in [2.45, 2.75) is 39.3 Å². The minimum atomic E-state index is -0.532. The maximum Gasteiger partial charge on any atom is 0.410 e. The Balaban J connectivity index is 1.85. The normalized spacial score (nSPS) is 14.6. The van der Waals surface area contributed by atoms with Gasteiger partial charge in [0.1, 0.15) is 5.60 Å². The van der Waals surface area contributed by atoms with E-state index in [-0.39, 0.29) is 23.9 Å². The summed E-state index contributed by atoms with van der Waals surface area (Å²) in [5.41, 5.74) is 0.492. The van der Waals surface area contributed by atoms with E-state index in [1.807, 2.05) is 20.8 Å². The lowest BCUT2D eigenvalue weighted by Crippen LogP contribution is -2.61. The van der Waals surface area contributed by atoms with Crippen LogP contribution in [-0.2, 0) is 9.53 Å². The van der Waals surface area contributed by atoms with Gasteiger partial charge < -0.3 is 20.3 Å². The monoisotopic (exact) mass is 333 g/mol. The van der Waals surface area contributed by atoms with Crippen molar-refractivity contribution < 1.29 is 19.1 Å². The maximum absolute atomic E-state index is 12.2. The Morgan fingerprint density at radius 1 is 1.21 bits per heavy atom. The molecular formula is C17H23N3O4. The summed E-state index contributed by atoms with van der Waals surface area (Å²) in [6, 6.07) is 6.60. The van der Waals surface area contributed by atoms with Gasteiger partial charge in [-0.3, -0.25) is 9.59 Å². The topological polar surface area (TPSA) is 87.7 Å². The molecule has 0 atom stereocenters. The second-order valence-corrected chi connectivity index (χ2v) is 6.82. The average molecular weight is 333 g/mol. The fourth-order valence-electron chi connectivity index (χ4n) is 2.26. The third kappa shape index (κ3) is 4.97. The highest BCUT2D eigenvalue weighted by molar-refractivity contribution is 5.97. The molecule has 0 saturated carbocycles. The molecule has 0 bridgehead atoms. The first kappa shape index (κ1) is 17.8. The number of hydrogen-bond donors (Lipinski definition) is 2. The number of anilines is 1. The summed E-state index contributed by atoms with van der Waals surface area (Å²) >= 11 is 0. The summed E-state index contributed by atoms with van der Waals surface area (Å²) in [7, 11) is 0. The molecule has 2 N–H and O–H groups in total. The van der Waals surface area contributed by atoms with Gasteiger partial charge in [-0.2, -0.15) is 0 Å². The van der Waals surface area contributed by atoms with Crippen LogP contribution in [0.4, 0.5) is 10.5 Å². The van der Waals surface area contributed by atoms with Gasteiger partial charge in [-0.05, 0) is 39.0 Å². The minimum Gasteiger partial charge on any atom is -0.444 e. The molecule has 130 valence electrons. The van der Waals surface area contributed by atoms with E-state index in [0.717, 1.165) is 0 Å². The molecule has 0 aliphatic carbocycles. The Kier molecular flexibility index (Phi) is 5.11. The van der Waals surface area contributed by atoms with Crippen LogP contribution in [0.5, 0.6) is 0 Å². The molecule has 7 heteroatoms. The van der Waals surface area contributed by atoms with E-state index in [4.69, 9.17) is 4.74 Å². The van der Waals surface area contributed by atoms with Crippen LogP contribution in [0.25, 0.3) is 0 Å². The maximum atomic E-state index is 12.2. The molecule has 1 aliphatic heterocycles. The van der Waals surface area contributed by atoms with Crippen molar-refractivity contribution in [3.63, 3.8) is 0 Å². The standard InChI is InChI=1S/C17H23N3O4/c1-11(21)18-13-7-5-6-12(8-13)15(22)19-14-9-20(10-14)16(23)24-17(2,3)4/h5-8,14H,9-10H2,1-4H3,(H,18,21)(H,19,22). The van der Waals surface area contributed by atoms with Crippen molar-refractivity contribution in [3.05, 3.63) is 29.8 Å². The van der Waals surface area contributed by atoms with Crippen LogP contribution in [0, 0.1) is 0 Å². The number of carbonyl (C=O) groups excluding carboxylic acids is 3. The fraction of sp³-hybridized carbons (Fsp3) is 0.471. The molecule has 24 heavy (non-hydrogen) atoms. The van der Waals surface area contributed by atoms with E-state index in [9.17, 15) is 14.4 Å². The molecule has 1 fully saturated rings. The van der Waals surface area contributed by atoms with Gasteiger partial charge in [0.25, 0.3) is 5.91 Å². The van der Waals surface area contributed by atoms with Crippen LogP contribution in [-0.4, -0.2) is 47.5 Å². The van der Waals surface area contributed by atoms with Crippen molar-refractivity contribution in [1.29, 1.82) is 0 Å². The lowest BCUT2D eigenvalue weighted by Gasteiger charge is -2.39. The summed E-state index contributed by atoms with van der Waals surface area (Å²) < 4.78 is 5.27. The number of nitrogens with one attached hydrogen (secondary N) is 2. The zero-order valence-corrected chi connectivity index (χ0v) is 14.4. The molecule has 2 rings (SSSR count). The molecule has 1 aromatic rings. The van der Waals surface area contributed by atoms with Gasteiger partial charge >= 0.3 is 6.09 Å². The number of likely N-dealkylation sites (tertiary alicyclic amines) is 1. The highest BCUT2D eigenvalue weighted by Crippen LogP contribution is 2.16. The summed E-state index contributed by atoms with van der Waals surface area (Å²) in [5.74, 6) is -0.435. The Hall–Kier alpha value is -2.57. The molecule has 1 aromatic carbocycles. The van der Waals surface area contributed by atoms with Gasteiger partial charge in [-0.25, -0.2) is 4.79 Å². The molecule has 0 radical (unpaired) electrons. The number of amides is 3. The van der Waals surface area contributed by atoms with E-state index in [2.05, 4.69) is 10.6 Å². The third-order valence-electron chi connectivity index (χ3n) is 3.31. The second-order valence-electron chi connectivity index (χ2n) is 6.82. The van der Waals surface area contributed by atoms with Gasteiger partial charge in [0.05, 0.1) is 6.04 Å². The lowest BCUT2D eigenvalue weighted by molar-refractivity contribution is -0.114. The number of hydrogen-bond acceptors (Lipinski definition) is 4. The first-order valence-electron chi connectivity index (χ1n) is 7.80. The largest absolute Gasteiger partial charge is 0.444 e. The van der Waals surface area contributed by atoms with Crippen molar-refractivity contribution >= 4 is 23.6 Å². The highest BCUT2D eigenvalue weighted by atomic mass is 16.6. The van der Waals surface area contributed by atoms with E-state index < -0.39 is 5.60 Å². The third-order valence-corrected chi connectivity index (χ3v) is 3.31. The van der Waals surface area contributed by atoms with Gasteiger partial charge in [0.15, 0.2) is 0 Å². The Bertz CT molecular complexity index is 645. The number of rotatable bonds is 3. The minimum absolute atomic E-state index is 0.102. The molecule has 3 amide bonds. The van der Waals surface area contributed by atoms with E-state index >= 15 is 0 Å². The van der Waals surface area contributed by atoms with Crippen LogP contribution < -0.4 is 10.6 Å². The molecule has 1 heterocycles. The van der Waals surface area contributed by atoms with E-state index in [1.54, 1.807) is 29.2 Å². The van der Waals surface area contributed by atoms with Gasteiger partial charge in [-0.1, -0.05) is 6.07 Å². The van der Waals surface area contributed by atoms with Crippen LogP contribution >= 0.6 is 0 Å². The molecule has 0 aromatic heterocycles. The highest BCUT2D eigenvalue weighted by Gasteiger charge is 2.34. The second kappa shape index (κ2) is 6.90. The van der Waals surface area contributed by atoms with Gasteiger partial charge in [-0.15, -0.1) is 0 Å². The first-order chi connectivity index (χ1) is 11.1. The summed E-state index contributed by atoms with van der Waals surface area (Å²) in [6.45, 7) is 7.69. The number of nitrogens with zero attached hydrogens (tertiary/aromatic N) is 1. The Morgan fingerprint density at radius 2 is 1.88 bits per heavy atom. The van der Waals surface area contributed by atoms with Crippen LogP contribution in [0.3, 0.4) is 0 Å². The van der Waals surface area contributed by atoms with E-state index in [0.29, 0.717) is 24.3 Å². The average Bonchev–Trinajstić information content (AvgIpc) is 2.39. The summed E-state index contributed by atoms with van der Waals surface area (Å²) in [5, 5.41) is 5.50. The van der Waals surface area contributed by atoms with Crippen LogP contribution in [0.2, 0.25) is 0 Å². The zero-order chi connectivity index (χ0) is 17.9. The Labute approximate surface area is 141 Å². The van der Waals surface area contributed by atoms with Crippen molar-refractivity contribution in [2.24, 2.45) is 0 Å². The molecule has 0 unspecified atom stereocenters. The van der Waals surface area contributed by atoms with Crippen molar-refractivity contribution in [2.75, 3.05) is 18.4 Å². The quantitative estimate of drug-likeness (QED) is 0.885. The smallest absolute Gasteiger partial charge is 0.410 e. The molecule has 1 saturated heterocycles. The summed E-state index contributed by atoms with van der Waals surface area (Å²) in [6.07, 6.45) is -0.374. The van der Waals surface area contributed by atoms with Crippen molar-refractivity contribution in [3.8, 4) is 0 Å². The molecule has 0 spiro atoms. The SMILES string of the molecule is CC(=O)Nc1cccc(C(=O)NC2CN(C(=O)OC(C)(C)C)C2)c1. The number of carbonyl (C=O) groups is 3. The predicted octanol–water partition coefficient (Wildman–Crippen LogP) is 1.99. The van der Waals surface area contributed by atoms with Crippen LogP contribution in [0.15, 0.2) is 24.3 Å². The number of ether oxygens (including phenoxy) is 1. The predicted molar refractivity (Wildman–Crippen MR) is 89.8 cm³/mol.